The molecule has 1 aliphatic rings. The molecule has 2 atom stereocenters. The Hall–Kier alpha value is -1.97. The first-order valence-corrected chi connectivity index (χ1v) is 6.48. The van der Waals surface area contributed by atoms with Crippen LogP contribution in [0.1, 0.15) is 12.5 Å². The van der Waals surface area contributed by atoms with Crippen LogP contribution < -0.4 is 0 Å². The van der Waals surface area contributed by atoms with E-state index < -0.39 is 5.79 Å². The molecule has 0 bridgehead atoms. The van der Waals surface area contributed by atoms with Gasteiger partial charge in [-0.25, -0.2) is 0 Å². The van der Waals surface area contributed by atoms with Gasteiger partial charge in [0.25, 0.3) is 5.79 Å². The second-order valence-corrected chi connectivity index (χ2v) is 4.52. The Morgan fingerprint density at radius 1 is 1.30 bits per heavy atom. The maximum absolute atomic E-state index is 12.7. The quantitative estimate of drug-likeness (QED) is 0.623. The molecule has 104 valence electrons. The van der Waals surface area contributed by atoms with Crippen LogP contribution in [0.15, 0.2) is 66.8 Å². The molecule has 1 aromatic rings. The number of methoxy groups -OCH3 is 1. The molecule has 2 rings (SSSR count). The van der Waals surface area contributed by atoms with Crippen LogP contribution in [0.5, 0.6) is 0 Å². The molecule has 3 heteroatoms. The number of rotatable bonds is 4. The summed E-state index contributed by atoms with van der Waals surface area (Å²) in [6.07, 6.45) is 6.62. The van der Waals surface area contributed by atoms with Crippen molar-refractivity contribution in [1.29, 1.82) is 0 Å². The highest BCUT2D eigenvalue weighted by atomic mass is 16.7. The highest BCUT2D eigenvalue weighted by molar-refractivity contribution is 6.04. The second kappa shape index (κ2) is 5.99. The molecular weight excluding hydrogens is 252 g/mol. The molecule has 1 fully saturated rings. The highest BCUT2D eigenvalue weighted by Crippen LogP contribution is 2.39. The lowest BCUT2D eigenvalue weighted by molar-refractivity contribution is -0.213. The number of ether oxygens (including phenoxy) is 2. The Morgan fingerprint density at radius 3 is 2.60 bits per heavy atom. The Labute approximate surface area is 119 Å². The number of carbonyl (C=O) groups is 1. The van der Waals surface area contributed by atoms with Crippen molar-refractivity contribution in [3.63, 3.8) is 0 Å². The van der Waals surface area contributed by atoms with Gasteiger partial charge in [0.1, 0.15) is 0 Å². The number of allylic oxidation sites excluding steroid dienone is 4. The molecule has 3 nitrogen and oxygen atoms in total. The molecule has 2 unspecified atom stereocenters. The van der Waals surface area contributed by atoms with Gasteiger partial charge in [-0.15, -0.1) is 0 Å². The first kappa shape index (κ1) is 14.4. The van der Waals surface area contributed by atoms with Gasteiger partial charge >= 0.3 is 0 Å². The third-order valence-corrected chi connectivity index (χ3v) is 3.31. The number of carbonyl (C=O) groups excluding carboxylic acids is 1. The number of benzene rings is 1. The predicted octanol–water partition coefficient (Wildman–Crippen LogP) is 3.14. The molecule has 0 radical (unpaired) electrons. The summed E-state index contributed by atoms with van der Waals surface area (Å²) in [6, 6.07) is 9.26. The zero-order valence-corrected chi connectivity index (χ0v) is 11.7. The number of ketones is 1. The zero-order chi connectivity index (χ0) is 14.6. The summed E-state index contributed by atoms with van der Waals surface area (Å²) < 4.78 is 11.3. The maximum Gasteiger partial charge on any atom is 0.261 e. The smallest absolute Gasteiger partial charge is 0.261 e. The molecule has 1 aromatic carbocycles. The van der Waals surface area contributed by atoms with Crippen LogP contribution in [0, 0.1) is 0 Å². The van der Waals surface area contributed by atoms with Gasteiger partial charge in [0.2, 0.25) is 5.78 Å². The third-order valence-electron chi connectivity index (χ3n) is 3.31. The van der Waals surface area contributed by atoms with Crippen molar-refractivity contribution in [1.82, 2.24) is 0 Å². The fraction of sp³-hybridized carbons (Fsp3) is 0.235. The molecule has 20 heavy (non-hydrogen) atoms. The van der Waals surface area contributed by atoms with E-state index in [2.05, 4.69) is 6.58 Å². The molecule has 1 heterocycles. The molecule has 0 aliphatic carbocycles. The van der Waals surface area contributed by atoms with Crippen molar-refractivity contribution in [3.05, 3.63) is 72.4 Å². The van der Waals surface area contributed by atoms with Gasteiger partial charge in [0, 0.05) is 18.2 Å². The third kappa shape index (κ3) is 2.38. The topological polar surface area (TPSA) is 35.5 Å². The summed E-state index contributed by atoms with van der Waals surface area (Å²) in [5.74, 6) is -1.50. The second-order valence-electron chi connectivity index (χ2n) is 4.52. The molecule has 0 N–H and O–H groups in total. The Morgan fingerprint density at radius 2 is 2.00 bits per heavy atom. The van der Waals surface area contributed by atoms with Gasteiger partial charge in [-0.05, 0) is 6.92 Å². The predicted molar refractivity (Wildman–Crippen MR) is 78.1 cm³/mol. The lowest BCUT2D eigenvalue weighted by Gasteiger charge is -2.25. The molecular formula is C17H18O3. The van der Waals surface area contributed by atoms with Crippen LogP contribution in [0.25, 0.3) is 0 Å². The van der Waals surface area contributed by atoms with Crippen molar-refractivity contribution in [3.8, 4) is 0 Å². The molecule has 0 aromatic heterocycles. The Kier molecular flexibility index (Phi) is 4.32. The van der Waals surface area contributed by atoms with Gasteiger partial charge in [0.05, 0.1) is 6.10 Å². The van der Waals surface area contributed by atoms with Gasteiger partial charge in [0.15, 0.2) is 0 Å². The van der Waals surface area contributed by atoms with E-state index in [4.69, 9.17) is 9.47 Å². The highest BCUT2D eigenvalue weighted by Gasteiger charge is 2.51. The van der Waals surface area contributed by atoms with E-state index in [0.717, 1.165) is 0 Å². The van der Waals surface area contributed by atoms with Crippen molar-refractivity contribution < 1.29 is 14.3 Å². The van der Waals surface area contributed by atoms with Crippen molar-refractivity contribution in [2.75, 3.05) is 7.11 Å². The maximum atomic E-state index is 12.7. The molecule has 0 amide bonds. The molecule has 0 saturated carbocycles. The van der Waals surface area contributed by atoms with Crippen LogP contribution in [0.4, 0.5) is 0 Å². The first-order valence-electron chi connectivity index (χ1n) is 6.48. The van der Waals surface area contributed by atoms with Gasteiger partial charge in [-0.1, -0.05) is 61.2 Å². The van der Waals surface area contributed by atoms with E-state index in [1.165, 1.54) is 7.11 Å². The summed E-state index contributed by atoms with van der Waals surface area (Å²) >= 11 is 0. The van der Waals surface area contributed by atoms with Gasteiger partial charge in [-0.2, -0.15) is 0 Å². The summed E-state index contributed by atoms with van der Waals surface area (Å²) in [5.41, 5.74) is 1.30. The zero-order valence-electron chi connectivity index (χ0n) is 11.7. The van der Waals surface area contributed by atoms with E-state index >= 15 is 0 Å². The van der Waals surface area contributed by atoms with Gasteiger partial charge in [-0.3, -0.25) is 4.79 Å². The lowest BCUT2D eigenvalue weighted by atomic mass is 9.97. The summed E-state index contributed by atoms with van der Waals surface area (Å²) in [6.45, 7) is 5.44. The van der Waals surface area contributed by atoms with Crippen LogP contribution in [-0.4, -0.2) is 19.0 Å². The number of hydrogen-bond donors (Lipinski definition) is 0. The standard InChI is InChI=1S/C17H18O3/c1-4-5-7-12-15-13(2)20-17(19-3,16(15)18)14-10-8-6-9-11-14/h4-13H,1H2,2-3H3/b7-5-,15-12+. The summed E-state index contributed by atoms with van der Waals surface area (Å²) in [5, 5.41) is 0. The van der Waals surface area contributed by atoms with Crippen LogP contribution in [0.3, 0.4) is 0 Å². The Bertz CT molecular complexity index is 557. The Balaban J connectivity index is 2.43. The average molecular weight is 270 g/mol. The van der Waals surface area contributed by atoms with Crippen molar-refractivity contribution >= 4 is 5.78 Å². The largest absolute Gasteiger partial charge is 0.343 e. The van der Waals surface area contributed by atoms with E-state index in [0.29, 0.717) is 11.1 Å². The van der Waals surface area contributed by atoms with Crippen LogP contribution >= 0.6 is 0 Å². The molecule has 0 spiro atoms. The van der Waals surface area contributed by atoms with E-state index in [1.807, 2.05) is 37.3 Å². The lowest BCUT2D eigenvalue weighted by Crippen LogP contribution is -2.35. The minimum atomic E-state index is -1.34. The minimum Gasteiger partial charge on any atom is -0.343 e. The van der Waals surface area contributed by atoms with E-state index in [9.17, 15) is 4.79 Å². The molecule has 1 aliphatic heterocycles. The number of Topliss-reactive ketones (excluding diaryl/α,β-unsaturated/α-hetero) is 1. The summed E-state index contributed by atoms with van der Waals surface area (Å²) in [4.78, 5) is 12.7. The van der Waals surface area contributed by atoms with E-state index in [-0.39, 0.29) is 11.9 Å². The fourth-order valence-corrected chi connectivity index (χ4v) is 2.30. The van der Waals surface area contributed by atoms with Crippen LogP contribution in [0.2, 0.25) is 0 Å². The van der Waals surface area contributed by atoms with Gasteiger partial charge < -0.3 is 9.47 Å². The van der Waals surface area contributed by atoms with Crippen LogP contribution in [-0.2, 0) is 20.1 Å². The number of hydrogen-bond acceptors (Lipinski definition) is 3. The fourth-order valence-electron chi connectivity index (χ4n) is 2.30. The monoisotopic (exact) mass is 270 g/mol. The SMILES string of the molecule is C=C/C=C\C=C1\C(=O)C(OC)(c2ccccc2)OC1C. The van der Waals surface area contributed by atoms with E-state index in [1.54, 1.807) is 24.3 Å². The first-order chi connectivity index (χ1) is 9.65. The van der Waals surface area contributed by atoms with Crippen molar-refractivity contribution in [2.24, 2.45) is 0 Å². The normalized spacial score (nSPS) is 28.4. The average Bonchev–Trinajstić information content (AvgIpc) is 2.73. The minimum absolute atomic E-state index is 0.160. The molecule has 1 saturated heterocycles. The van der Waals surface area contributed by atoms with Crippen molar-refractivity contribution in [2.45, 2.75) is 18.8 Å². The summed E-state index contributed by atoms with van der Waals surface area (Å²) in [7, 11) is 1.49.